The molecule has 116 valence electrons. The standard InChI is InChI=1S/C15H28N2O3/c1-14(16-4)8-11-20-10-7-6-9-17(13-18)15(2,3)12-19-5/h8,11,13H,6-7,9-10,12H2,1-5H3/b11-8+,16-14?. The van der Waals surface area contributed by atoms with Gasteiger partial charge in [0, 0.05) is 26.4 Å². The Balaban J connectivity index is 3.87. The van der Waals surface area contributed by atoms with Crippen LogP contribution in [0.3, 0.4) is 0 Å². The van der Waals surface area contributed by atoms with Crippen LogP contribution >= 0.6 is 0 Å². The molecule has 0 saturated heterocycles. The monoisotopic (exact) mass is 284 g/mol. The van der Waals surface area contributed by atoms with Gasteiger partial charge in [0.1, 0.15) is 0 Å². The van der Waals surface area contributed by atoms with Crippen molar-refractivity contribution in [3.05, 3.63) is 12.3 Å². The van der Waals surface area contributed by atoms with Gasteiger partial charge in [0.25, 0.3) is 0 Å². The number of amides is 1. The van der Waals surface area contributed by atoms with E-state index in [0.717, 1.165) is 25.0 Å². The van der Waals surface area contributed by atoms with Crippen LogP contribution in [-0.2, 0) is 14.3 Å². The van der Waals surface area contributed by atoms with E-state index < -0.39 is 0 Å². The molecule has 0 aromatic carbocycles. The molecule has 0 unspecified atom stereocenters. The van der Waals surface area contributed by atoms with E-state index in [9.17, 15) is 4.79 Å². The lowest BCUT2D eigenvalue weighted by Crippen LogP contribution is -2.46. The smallest absolute Gasteiger partial charge is 0.210 e. The highest BCUT2D eigenvalue weighted by Crippen LogP contribution is 2.13. The molecule has 1 amide bonds. The summed E-state index contributed by atoms with van der Waals surface area (Å²) >= 11 is 0. The largest absolute Gasteiger partial charge is 0.501 e. The van der Waals surface area contributed by atoms with Crippen molar-refractivity contribution in [2.75, 3.05) is 33.9 Å². The van der Waals surface area contributed by atoms with E-state index in [4.69, 9.17) is 9.47 Å². The molecule has 0 heterocycles. The maximum absolute atomic E-state index is 11.1. The van der Waals surface area contributed by atoms with Gasteiger partial charge >= 0.3 is 0 Å². The summed E-state index contributed by atoms with van der Waals surface area (Å²) in [6, 6.07) is 0. The Hall–Kier alpha value is -1.36. The Morgan fingerprint density at radius 3 is 2.60 bits per heavy atom. The molecule has 20 heavy (non-hydrogen) atoms. The summed E-state index contributed by atoms with van der Waals surface area (Å²) < 4.78 is 10.5. The Morgan fingerprint density at radius 2 is 2.05 bits per heavy atom. The minimum Gasteiger partial charge on any atom is -0.501 e. The number of carbonyl (C=O) groups excluding carboxylic acids is 1. The number of methoxy groups -OCH3 is 1. The van der Waals surface area contributed by atoms with Gasteiger partial charge in [-0.05, 0) is 39.7 Å². The second-order valence-electron chi connectivity index (χ2n) is 5.29. The molecular formula is C15H28N2O3. The van der Waals surface area contributed by atoms with Crippen molar-refractivity contribution in [3.63, 3.8) is 0 Å². The molecule has 5 nitrogen and oxygen atoms in total. The normalized spacial score (nSPS) is 12.8. The molecular weight excluding hydrogens is 256 g/mol. The summed E-state index contributed by atoms with van der Waals surface area (Å²) in [7, 11) is 3.39. The van der Waals surface area contributed by atoms with Gasteiger partial charge in [0.2, 0.25) is 6.41 Å². The second-order valence-corrected chi connectivity index (χ2v) is 5.29. The second kappa shape index (κ2) is 10.4. The molecule has 0 rings (SSSR count). The minimum absolute atomic E-state index is 0.272. The van der Waals surface area contributed by atoms with Crippen LogP contribution in [0.15, 0.2) is 17.3 Å². The fourth-order valence-corrected chi connectivity index (χ4v) is 1.69. The molecule has 0 aromatic rings. The number of rotatable bonds is 11. The number of aliphatic imine (C=N–C) groups is 1. The van der Waals surface area contributed by atoms with E-state index in [2.05, 4.69) is 4.99 Å². The van der Waals surface area contributed by atoms with Gasteiger partial charge in [-0.3, -0.25) is 9.79 Å². The fourth-order valence-electron chi connectivity index (χ4n) is 1.69. The number of allylic oxidation sites excluding steroid dienone is 1. The molecule has 0 bridgehead atoms. The highest BCUT2D eigenvalue weighted by atomic mass is 16.5. The van der Waals surface area contributed by atoms with E-state index in [0.29, 0.717) is 19.8 Å². The number of unbranched alkanes of at least 4 members (excludes halogenated alkanes) is 1. The maximum atomic E-state index is 11.1. The third kappa shape index (κ3) is 7.94. The lowest BCUT2D eigenvalue weighted by molar-refractivity contribution is -0.124. The lowest BCUT2D eigenvalue weighted by Gasteiger charge is -2.35. The van der Waals surface area contributed by atoms with E-state index in [1.807, 2.05) is 26.8 Å². The highest BCUT2D eigenvalue weighted by Gasteiger charge is 2.24. The van der Waals surface area contributed by atoms with E-state index in [1.165, 1.54) is 0 Å². The van der Waals surface area contributed by atoms with Crippen molar-refractivity contribution < 1.29 is 14.3 Å². The molecule has 0 aliphatic rings. The summed E-state index contributed by atoms with van der Waals surface area (Å²) in [6.45, 7) is 7.79. The zero-order chi connectivity index (χ0) is 15.4. The first-order valence-electron chi connectivity index (χ1n) is 6.90. The predicted octanol–water partition coefficient (Wildman–Crippen LogP) is 2.27. The van der Waals surface area contributed by atoms with Gasteiger partial charge in [0.05, 0.1) is 25.0 Å². The summed E-state index contributed by atoms with van der Waals surface area (Å²) in [5, 5.41) is 0. The van der Waals surface area contributed by atoms with E-state index >= 15 is 0 Å². The molecule has 0 fully saturated rings. The Morgan fingerprint density at radius 1 is 1.35 bits per heavy atom. The van der Waals surface area contributed by atoms with Gasteiger partial charge in [-0.15, -0.1) is 0 Å². The van der Waals surface area contributed by atoms with E-state index in [1.54, 1.807) is 25.3 Å². The Kier molecular flexibility index (Phi) is 9.72. The number of hydrogen-bond donors (Lipinski definition) is 0. The fraction of sp³-hybridized carbons (Fsp3) is 0.733. The van der Waals surface area contributed by atoms with Crippen LogP contribution < -0.4 is 0 Å². The molecule has 0 aliphatic carbocycles. The molecule has 0 saturated carbocycles. The zero-order valence-electron chi connectivity index (χ0n) is 13.4. The van der Waals surface area contributed by atoms with Gasteiger partial charge in [0.15, 0.2) is 0 Å². The van der Waals surface area contributed by atoms with Crippen LogP contribution in [0, 0.1) is 0 Å². The highest BCUT2D eigenvalue weighted by molar-refractivity contribution is 5.92. The van der Waals surface area contributed by atoms with Crippen LogP contribution in [0.5, 0.6) is 0 Å². The summed E-state index contributed by atoms with van der Waals surface area (Å²) in [5.41, 5.74) is 0.657. The van der Waals surface area contributed by atoms with Gasteiger partial charge in [-0.2, -0.15) is 0 Å². The SMILES string of the molecule is CN=C(C)/C=C/OCCCCN(C=O)C(C)(C)COC. The van der Waals surface area contributed by atoms with Crippen molar-refractivity contribution in [2.24, 2.45) is 4.99 Å². The van der Waals surface area contributed by atoms with Crippen LogP contribution in [0.4, 0.5) is 0 Å². The van der Waals surface area contributed by atoms with Crippen LogP contribution in [0.2, 0.25) is 0 Å². The summed E-state index contributed by atoms with van der Waals surface area (Å²) in [6.07, 6.45) is 6.19. The quantitative estimate of drug-likeness (QED) is 0.253. The Labute approximate surface area is 122 Å². The summed E-state index contributed by atoms with van der Waals surface area (Å²) in [5.74, 6) is 0. The zero-order valence-corrected chi connectivity index (χ0v) is 13.4. The minimum atomic E-state index is -0.272. The van der Waals surface area contributed by atoms with Crippen molar-refractivity contribution in [1.82, 2.24) is 4.90 Å². The topological polar surface area (TPSA) is 51.1 Å². The first-order valence-corrected chi connectivity index (χ1v) is 6.90. The molecule has 0 N–H and O–H groups in total. The first kappa shape index (κ1) is 18.6. The number of ether oxygens (including phenoxy) is 2. The average Bonchev–Trinajstić information content (AvgIpc) is 2.41. The van der Waals surface area contributed by atoms with Crippen molar-refractivity contribution in [3.8, 4) is 0 Å². The van der Waals surface area contributed by atoms with Crippen molar-refractivity contribution >= 4 is 12.1 Å². The number of nitrogens with zero attached hydrogens (tertiary/aromatic N) is 2. The molecule has 0 radical (unpaired) electrons. The molecule has 0 aromatic heterocycles. The predicted molar refractivity (Wildman–Crippen MR) is 82.1 cm³/mol. The molecule has 0 atom stereocenters. The van der Waals surface area contributed by atoms with Crippen molar-refractivity contribution in [2.45, 2.75) is 39.2 Å². The first-order chi connectivity index (χ1) is 9.47. The lowest BCUT2D eigenvalue weighted by atomic mass is 10.0. The Bertz CT molecular complexity index is 325. The average molecular weight is 284 g/mol. The molecule has 0 spiro atoms. The summed E-state index contributed by atoms with van der Waals surface area (Å²) in [4.78, 5) is 16.9. The third-order valence-corrected chi connectivity index (χ3v) is 3.07. The van der Waals surface area contributed by atoms with Gasteiger partial charge < -0.3 is 14.4 Å². The number of hydrogen-bond acceptors (Lipinski definition) is 4. The van der Waals surface area contributed by atoms with E-state index in [-0.39, 0.29) is 5.54 Å². The van der Waals surface area contributed by atoms with Crippen molar-refractivity contribution in [1.29, 1.82) is 0 Å². The number of carbonyl (C=O) groups is 1. The maximum Gasteiger partial charge on any atom is 0.210 e. The van der Waals surface area contributed by atoms with Crippen LogP contribution in [0.25, 0.3) is 0 Å². The van der Waals surface area contributed by atoms with Crippen LogP contribution in [-0.4, -0.2) is 56.5 Å². The van der Waals surface area contributed by atoms with Gasteiger partial charge in [-0.1, -0.05) is 0 Å². The molecule has 0 aliphatic heterocycles. The molecule has 5 heteroatoms. The third-order valence-electron chi connectivity index (χ3n) is 3.07. The van der Waals surface area contributed by atoms with Gasteiger partial charge in [-0.25, -0.2) is 0 Å². The van der Waals surface area contributed by atoms with Crippen LogP contribution in [0.1, 0.15) is 33.6 Å².